The molecule has 1 aliphatic rings. The smallest absolute Gasteiger partial charge is 0.410 e. The minimum atomic E-state index is -0.450. The third kappa shape index (κ3) is 4.03. The first-order valence-electron chi connectivity index (χ1n) is 7.15. The lowest BCUT2D eigenvalue weighted by Crippen LogP contribution is -2.49. The molecule has 120 valence electrons. The molecule has 1 heterocycles. The maximum Gasteiger partial charge on any atom is 0.410 e. The molecule has 1 aromatic rings. The third-order valence-electron chi connectivity index (χ3n) is 3.56. The number of rotatable bonds is 4. The highest BCUT2D eigenvalue weighted by Gasteiger charge is 2.23. The molecule has 0 radical (unpaired) electrons. The zero-order chi connectivity index (χ0) is 15.9. The quantitative estimate of drug-likeness (QED) is 0.886. The molecule has 0 aliphatic carbocycles. The maximum atomic E-state index is 11.8. The highest BCUT2D eigenvalue weighted by Crippen LogP contribution is 2.22. The second kappa shape index (κ2) is 7.53. The van der Waals surface area contributed by atoms with Crippen molar-refractivity contribution < 1.29 is 19.1 Å². The molecule has 7 heteroatoms. The lowest BCUT2D eigenvalue weighted by atomic mass is 10.2. The number of hydrogen-bond donors (Lipinski definition) is 1. The number of nitrogens with zero attached hydrogens (tertiary/aromatic N) is 2. The summed E-state index contributed by atoms with van der Waals surface area (Å²) in [7, 11) is 3.14. The van der Waals surface area contributed by atoms with E-state index < -0.39 is 6.09 Å². The Kier molecular flexibility index (Phi) is 5.46. The SMILES string of the molecule is CNC(=O)COC(=O)N1CCN(c2cccc(OC)c2)CC1. The normalized spacial score (nSPS) is 14.5. The van der Waals surface area contributed by atoms with Crippen molar-refractivity contribution in [1.29, 1.82) is 0 Å². The summed E-state index contributed by atoms with van der Waals surface area (Å²) in [6, 6.07) is 7.83. The van der Waals surface area contributed by atoms with E-state index in [4.69, 9.17) is 9.47 Å². The Labute approximate surface area is 129 Å². The van der Waals surface area contributed by atoms with Crippen molar-refractivity contribution in [2.75, 3.05) is 51.8 Å². The molecule has 1 aromatic carbocycles. The van der Waals surface area contributed by atoms with Crippen molar-refractivity contribution in [2.24, 2.45) is 0 Å². The van der Waals surface area contributed by atoms with Crippen LogP contribution in [0.5, 0.6) is 5.75 Å². The second-order valence-corrected chi connectivity index (χ2v) is 4.90. The first-order chi connectivity index (χ1) is 10.6. The molecule has 1 N–H and O–H groups in total. The van der Waals surface area contributed by atoms with Crippen molar-refractivity contribution in [2.45, 2.75) is 0 Å². The average molecular weight is 307 g/mol. The summed E-state index contributed by atoms with van der Waals surface area (Å²) in [5, 5.41) is 2.41. The van der Waals surface area contributed by atoms with Gasteiger partial charge in [-0.1, -0.05) is 6.07 Å². The van der Waals surface area contributed by atoms with E-state index in [2.05, 4.69) is 10.2 Å². The first kappa shape index (κ1) is 15.9. The third-order valence-corrected chi connectivity index (χ3v) is 3.56. The number of methoxy groups -OCH3 is 1. The molecule has 0 spiro atoms. The maximum absolute atomic E-state index is 11.8. The van der Waals surface area contributed by atoms with E-state index in [9.17, 15) is 9.59 Å². The molecular weight excluding hydrogens is 286 g/mol. The van der Waals surface area contributed by atoms with Gasteiger partial charge in [-0.3, -0.25) is 4.79 Å². The number of hydrogen-bond acceptors (Lipinski definition) is 5. The van der Waals surface area contributed by atoms with Crippen LogP contribution >= 0.6 is 0 Å². The van der Waals surface area contributed by atoms with Gasteiger partial charge in [-0.2, -0.15) is 0 Å². The monoisotopic (exact) mass is 307 g/mol. The largest absolute Gasteiger partial charge is 0.497 e. The number of amides is 2. The summed E-state index contributed by atoms with van der Waals surface area (Å²) >= 11 is 0. The van der Waals surface area contributed by atoms with E-state index >= 15 is 0 Å². The van der Waals surface area contributed by atoms with E-state index in [1.165, 1.54) is 7.05 Å². The number of benzene rings is 1. The van der Waals surface area contributed by atoms with Gasteiger partial charge < -0.3 is 24.6 Å². The lowest BCUT2D eigenvalue weighted by molar-refractivity contribution is -0.123. The van der Waals surface area contributed by atoms with Gasteiger partial charge in [0.1, 0.15) is 5.75 Å². The van der Waals surface area contributed by atoms with Crippen LogP contribution in [0.2, 0.25) is 0 Å². The molecule has 0 bridgehead atoms. The van der Waals surface area contributed by atoms with Crippen molar-refractivity contribution >= 4 is 17.7 Å². The molecule has 0 saturated carbocycles. The number of carbonyl (C=O) groups excluding carboxylic acids is 2. The Morgan fingerprint density at radius 3 is 2.59 bits per heavy atom. The van der Waals surface area contributed by atoms with E-state index in [-0.39, 0.29) is 12.5 Å². The van der Waals surface area contributed by atoms with Crippen LogP contribution in [0.1, 0.15) is 0 Å². The number of ether oxygens (including phenoxy) is 2. The predicted octanol–water partition coefficient (Wildman–Crippen LogP) is 0.700. The molecule has 1 aliphatic heterocycles. The summed E-state index contributed by atoms with van der Waals surface area (Å²) < 4.78 is 10.2. The number of likely N-dealkylation sites (N-methyl/N-ethyl adjacent to an activating group) is 1. The van der Waals surface area contributed by atoms with Gasteiger partial charge in [0.2, 0.25) is 0 Å². The predicted molar refractivity (Wildman–Crippen MR) is 82.2 cm³/mol. The summed E-state index contributed by atoms with van der Waals surface area (Å²) in [4.78, 5) is 26.7. The van der Waals surface area contributed by atoms with Gasteiger partial charge >= 0.3 is 6.09 Å². The minimum absolute atomic E-state index is 0.245. The zero-order valence-corrected chi connectivity index (χ0v) is 12.9. The Hall–Kier alpha value is -2.44. The standard InChI is InChI=1S/C15H21N3O4/c1-16-14(19)11-22-15(20)18-8-6-17(7-9-18)12-4-3-5-13(10-12)21-2/h3-5,10H,6-9,11H2,1-2H3,(H,16,19). The van der Waals surface area contributed by atoms with Crippen molar-refractivity contribution in [3.63, 3.8) is 0 Å². The fraction of sp³-hybridized carbons (Fsp3) is 0.467. The Morgan fingerprint density at radius 1 is 1.23 bits per heavy atom. The Morgan fingerprint density at radius 2 is 1.95 bits per heavy atom. The van der Waals surface area contributed by atoms with Crippen LogP contribution in [0.3, 0.4) is 0 Å². The highest BCUT2D eigenvalue weighted by atomic mass is 16.6. The molecule has 1 fully saturated rings. The van der Waals surface area contributed by atoms with Gasteiger partial charge in [0.05, 0.1) is 7.11 Å². The fourth-order valence-corrected chi connectivity index (χ4v) is 2.25. The topological polar surface area (TPSA) is 71.1 Å². The van der Waals surface area contributed by atoms with E-state index in [0.717, 1.165) is 11.4 Å². The van der Waals surface area contributed by atoms with Crippen LogP contribution in [-0.4, -0.2) is 63.8 Å². The van der Waals surface area contributed by atoms with Crippen molar-refractivity contribution in [3.8, 4) is 5.75 Å². The number of nitrogens with one attached hydrogen (secondary N) is 1. The number of carbonyl (C=O) groups is 2. The molecule has 22 heavy (non-hydrogen) atoms. The molecule has 0 unspecified atom stereocenters. The van der Waals surface area contributed by atoms with Crippen LogP contribution in [0.25, 0.3) is 0 Å². The van der Waals surface area contributed by atoms with Gasteiger partial charge in [-0.15, -0.1) is 0 Å². The summed E-state index contributed by atoms with van der Waals surface area (Å²) in [6.07, 6.45) is -0.450. The van der Waals surface area contributed by atoms with Gasteiger partial charge in [-0.05, 0) is 12.1 Å². The Balaban J connectivity index is 1.84. The second-order valence-electron chi connectivity index (χ2n) is 4.90. The minimum Gasteiger partial charge on any atom is -0.497 e. The highest BCUT2D eigenvalue weighted by molar-refractivity contribution is 5.79. The summed E-state index contributed by atoms with van der Waals surface area (Å²) in [5.74, 6) is 0.494. The van der Waals surface area contributed by atoms with Crippen molar-refractivity contribution in [3.05, 3.63) is 24.3 Å². The van der Waals surface area contributed by atoms with E-state index in [0.29, 0.717) is 26.2 Å². The molecule has 2 amide bonds. The van der Waals surface area contributed by atoms with E-state index in [1.807, 2.05) is 24.3 Å². The summed E-state index contributed by atoms with van der Waals surface area (Å²) in [5.41, 5.74) is 1.07. The van der Waals surface area contributed by atoms with Gasteiger partial charge in [0.25, 0.3) is 5.91 Å². The first-order valence-corrected chi connectivity index (χ1v) is 7.15. The van der Waals surface area contributed by atoms with Crippen LogP contribution in [0.4, 0.5) is 10.5 Å². The van der Waals surface area contributed by atoms with Crippen LogP contribution in [0.15, 0.2) is 24.3 Å². The lowest BCUT2D eigenvalue weighted by Gasteiger charge is -2.35. The van der Waals surface area contributed by atoms with Gasteiger partial charge in [-0.25, -0.2) is 4.79 Å². The van der Waals surface area contributed by atoms with Gasteiger partial charge in [0.15, 0.2) is 6.61 Å². The van der Waals surface area contributed by atoms with E-state index in [1.54, 1.807) is 12.0 Å². The summed E-state index contributed by atoms with van der Waals surface area (Å²) in [6.45, 7) is 2.30. The van der Waals surface area contributed by atoms with Crippen LogP contribution < -0.4 is 15.0 Å². The van der Waals surface area contributed by atoms with Crippen LogP contribution in [-0.2, 0) is 9.53 Å². The molecular formula is C15H21N3O4. The fourth-order valence-electron chi connectivity index (χ4n) is 2.25. The molecule has 1 saturated heterocycles. The van der Waals surface area contributed by atoms with Crippen LogP contribution in [0, 0.1) is 0 Å². The Bertz CT molecular complexity index is 527. The average Bonchev–Trinajstić information content (AvgIpc) is 2.59. The molecule has 0 aromatic heterocycles. The van der Waals surface area contributed by atoms with Crippen molar-refractivity contribution in [1.82, 2.24) is 10.2 Å². The molecule has 7 nitrogen and oxygen atoms in total. The zero-order valence-electron chi connectivity index (χ0n) is 12.9. The number of piperazine rings is 1. The number of anilines is 1. The molecule has 2 rings (SSSR count). The molecule has 0 atom stereocenters. The van der Waals surface area contributed by atoms with Gasteiger partial charge in [0, 0.05) is 45.0 Å².